The van der Waals surface area contributed by atoms with E-state index in [-0.39, 0.29) is 0 Å². The lowest BCUT2D eigenvalue weighted by atomic mass is 10.3. The third kappa shape index (κ3) is 1.99. The quantitative estimate of drug-likeness (QED) is 0.609. The number of halogens is 2. The van der Waals surface area contributed by atoms with Crippen molar-refractivity contribution in [2.45, 2.75) is 19.2 Å². The summed E-state index contributed by atoms with van der Waals surface area (Å²) in [6.07, 6.45) is 2.47. The predicted octanol–water partition coefficient (Wildman–Crippen LogP) is 2.34. The molecule has 0 unspecified atom stereocenters. The summed E-state index contributed by atoms with van der Waals surface area (Å²) in [6.45, 7) is 1.98. The lowest BCUT2D eigenvalue weighted by Gasteiger charge is -2.04. The van der Waals surface area contributed by atoms with Gasteiger partial charge in [0.25, 0.3) is 0 Å². The summed E-state index contributed by atoms with van der Waals surface area (Å²) in [6, 6.07) is 0. The molecule has 0 atom stereocenters. The molecule has 0 amide bonds. The topological polar surface area (TPSA) is 37.8 Å². The first-order chi connectivity index (χ1) is 5.81. The molecule has 1 rings (SSSR count). The van der Waals surface area contributed by atoms with Crippen LogP contribution in [0.3, 0.4) is 0 Å². The Bertz CT molecular complexity index is 265. The van der Waals surface area contributed by atoms with Crippen LogP contribution in [0.1, 0.15) is 18.3 Å². The number of hydrogen-bond donors (Lipinski definition) is 1. The average molecular weight is 206 g/mol. The Morgan fingerprint density at radius 3 is 2.83 bits per heavy atom. The Labute approximate surface area is 81.2 Å². The van der Waals surface area contributed by atoms with Crippen molar-refractivity contribution in [1.29, 1.82) is 0 Å². The van der Waals surface area contributed by atoms with Crippen LogP contribution in [0.2, 0.25) is 0 Å². The molecular formula is C7H9Cl2N3. The van der Waals surface area contributed by atoms with Gasteiger partial charge >= 0.3 is 0 Å². The molecule has 1 aromatic heterocycles. The fraction of sp³-hybridized carbons (Fsp3) is 0.429. The molecule has 0 spiro atoms. The molecule has 5 heteroatoms. The zero-order valence-corrected chi connectivity index (χ0v) is 8.15. The highest BCUT2D eigenvalue weighted by molar-refractivity contribution is 6.24. The number of alkyl halides is 1. The van der Waals surface area contributed by atoms with E-state index in [1.165, 1.54) is 0 Å². The van der Waals surface area contributed by atoms with Gasteiger partial charge in [-0.2, -0.15) is 0 Å². The zero-order chi connectivity index (χ0) is 8.97. The van der Waals surface area contributed by atoms with Gasteiger partial charge in [0.05, 0.1) is 5.88 Å². The van der Waals surface area contributed by atoms with Crippen LogP contribution in [0.15, 0.2) is 6.20 Å². The molecular weight excluding hydrogens is 197 g/mol. The molecule has 0 aliphatic heterocycles. The number of anilines is 1. The van der Waals surface area contributed by atoms with E-state index in [0.29, 0.717) is 11.7 Å². The normalized spacial score (nSPS) is 9.92. The van der Waals surface area contributed by atoms with Crippen molar-refractivity contribution < 1.29 is 0 Å². The maximum atomic E-state index is 5.63. The van der Waals surface area contributed by atoms with E-state index in [1.807, 2.05) is 6.92 Å². The molecule has 1 N–H and O–H groups in total. The maximum Gasteiger partial charge on any atom is 0.148 e. The second-order valence-electron chi connectivity index (χ2n) is 2.24. The summed E-state index contributed by atoms with van der Waals surface area (Å²) in [5.41, 5.74) is 0.809. The van der Waals surface area contributed by atoms with E-state index in [0.717, 1.165) is 17.8 Å². The van der Waals surface area contributed by atoms with Crippen LogP contribution in [0, 0.1) is 0 Å². The number of hydrogen-bond acceptors (Lipinski definition) is 3. The molecule has 0 saturated heterocycles. The third-order valence-electron chi connectivity index (χ3n) is 1.46. The Morgan fingerprint density at radius 2 is 2.33 bits per heavy atom. The highest BCUT2D eigenvalue weighted by Gasteiger charge is 2.03. The number of rotatable bonds is 3. The van der Waals surface area contributed by atoms with Gasteiger partial charge in [0.15, 0.2) is 0 Å². The fourth-order valence-corrected chi connectivity index (χ4v) is 1.15. The predicted molar refractivity (Wildman–Crippen MR) is 50.4 cm³/mol. The maximum absolute atomic E-state index is 5.63. The van der Waals surface area contributed by atoms with Crippen LogP contribution >= 0.6 is 23.4 Å². The smallest absolute Gasteiger partial charge is 0.148 e. The van der Waals surface area contributed by atoms with Crippen molar-refractivity contribution in [3.05, 3.63) is 17.6 Å². The van der Waals surface area contributed by atoms with Gasteiger partial charge in [-0.05, 0) is 0 Å². The number of nitrogens with zero attached hydrogens (tertiary/aromatic N) is 2. The van der Waals surface area contributed by atoms with E-state index in [4.69, 9.17) is 23.4 Å². The van der Waals surface area contributed by atoms with Crippen molar-refractivity contribution in [3.63, 3.8) is 0 Å². The molecule has 1 heterocycles. The third-order valence-corrected chi connectivity index (χ3v) is 1.93. The van der Waals surface area contributed by atoms with Gasteiger partial charge in [0, 0.05) is 30.0 Å². The van der Waals surface area contributed by atoms with E-state index >= 15 is 0 Å². The first-order valence-electron chi connectivity index (χ1n) is 3.59. The van der Waals surface area contributed by atoms with Crippen LogP contribution in [-0.2, 0) is 12.3 Å². The largest absolute Gasteiger partial charge is 0.282 e. The van der Waals surface area contributed by atoms with E-state index < -0.39 is 0 Å². The van der Waals surface area contributed by atoms with Crippen molar-refractivity contribution in [2.24, 2.45) is 0 Å². The first kappa shape index (κ1) is 9.55. The van der Waals surface area contributed by atoms with Crippen LogP contribution in [0.5, 0.6) is 0 Å². The average Bonchev–Trinajstić information content (AvgIpc) is 2.16. The van der Waals surface area contributed by atoms with Crippen molar-refractivity contribution in [2.75, 3.05) is 4.84 Å². The molecule has 12 heavy (non-hydrogen) atoms. The monoisotopic (exact) mass is 205 g/mol. The van der Waals surface area contributed by atoms with Crippen LogP contribution in [0.25, 0.3) is 0 Å². The molecule has 0 fully saturated rings. The highest BCUT2D eigenvalue weighted by Crippen LogP contribution is 2.14. The van der Waals surface area contributed by atoms with Crippen molar-refractivity contribution in [3.8, 4) is 0 Å². The minimum Gasteiger partial charge on any atom is -0.282 e. The van der Waals surface area contributed by atoms with Gasteiger partial charge < -0.3 is 0 Å². The Hall–Kier alpha value is -0.540. The van der Waals surface area contributed by atoms with E-state index in [2.05, 4.69) is 14.8 Å². The summed E-state index contributed by atoms with van der Waals surface area (Å²) in [4.78, 5) is 10.7. The van der Waals surface area contributed by atoms with Crippen molar-refractivity contribution >= 4 is 29.2 Å². The lowest BCUT2D eigenvalue weighted by molar-refractivity contribution is 0.933. The van der Waals surface area contributed by atoms with Crippen LogP contribution in [-0.4, -0.2) is 9.97 Å². The summed E-state index contributed by atoms with van der Waals surface area (Å²) in [5, 5.41) is 0. The second-order valence-corrected chi connectivity index (χ2v) is 2.70. The summed E-state index contributed by atoms with van der Waals surface area (Å²) >= 11 is 11.1. The standard InChI is InChI=1S/C7H9Cl2N3/c1-2-6-10-4-5(3-8)7(11-6)12-9/h4H,2-3H2,1H3,(H,10,11,12). The zero-order valence-electron chi connectivity index (χ0n) is 6.64. The number of nitrogens with one attached hydrogen (secondary N) is 1. The molecule has 3 nitrogen and oxygen atoms in total. The summed E-state index contributed by atoms with van der Waals surface area (Å²) < 4.78 is 0. The number of aromatic nitrogens is 2. The van der Waals surface area contributed by atoms with E-state index in [1.54, 1.807) is 6.20 Å². The molecule has 0 bridgehead atoms. The lowest BCUT2D eigenvalue weighted by Crippen LogP contribution is -1.99. The number of aryl methyl sites for hydroxylation is 1. The molecule has 0 radical (unpaired) electrons. The fourth-order valence-electron chi connectivity index (χ4n) is 0.793. The Kier molecular flexibility index (Phi) is 3.56. The molecule has 0 saturated carbocycles. The highest BCUT2D eigenvalue weighted by atomic mass is 35.5. The van der Waals surface area contributed by atoms with Crippen molar-refractivity contribution in [1.82, 2.24) is 9.97 Å². The molecule has 0 aromatic carbocycles. The van der Waals surface area contributed by atoms with Gasteiger partial charge in [-0.3, -0.25) is 4.84 Å². The molecule has 66 valence electrons. The summed E-state index contributed by atoms with van der Waals surface area (Å²) in [5.74, 6) is 1.71. The molecule has 1 aromatic rings. The molecule has 0 aliphatic rings. The van der Waals surface area contributed by atoms with Gasteiger partial charge in [-0.15, -0.1) is 11.6 Å². The van der Waals surface area contributed by atoms with Gasteiger partial charge in [-0.1, -0.05) is 6.92 Å². The van der Waals surface area contributed by atoms with Crippen LogP contribution in [0.4, 0.5) is 5.82 Å². The van der Waals surface area contributed by atoms with E-state index in [9.17, 15) is 0 Å². The minimum absolute atomic E-state index is 0.360. The first-order valence-corrected chi connectivity index (χ1v) is 4.50. The minimum atomic E-state index is 0.360. The van der Waals surface area contributed by atoms with Crippen LogP contribution < -0.4 is 4.84 Å². The Balaban J connectivity index is 3.02. The van der Waals surface area contributed by atoms with Gasteiger partial charge in [0.2, 0.25) is 0 Å². The SMILES string of the molecule is CCc1ncc(CCl)c(NCl)n1. The van der Waals surface area contributed by atoms with Gasteiger partial charge in [-0.25, -0.2) is 9.97 Å². The Morgan fingerprint density at radius 1 is 1.58 bits per heavy atom. The van der Waals surface area contributed by atoms with Gasteiger partial charge in [0.1, 0.15) is 11.6 Å². The molecule has 0 aliphatic carbocycles. The second kappa shape index (κ2) is 4.48. The summed E-state index contributed by atoms with van der Waals surface area (Å²) in [7, 11) is 0.